The van der Waals surface area contributed by atoms with E-state index in [2.05, 4.69) is 163 Å². The minimum Gasteiger partial charge on any atom is -0.491 e. The number of aromatic amines is 1. The highest BCUT2D eigenvalue weighted by Crippen LogP contribution is 2.37. The van der Waals surface area contributed by atoms with E-state index in [0.717, 1.165) is 4.57 Å². The molecule has 3 fully saturated rings. The molecule has 7 heterocycles. The fourth-order valence-electron chi connectivity index (χ4n) is 13.1. The van der Waals surface area contributed by atoms with Gasteiger partial charge in [0.15, 0.2) is 18.7 Å². The molecule has 758 valence electrons. The Balaban J connectivity index is 0.000000262. The lowest BCUT2D eigenvalue weighted by atomic mass is 10.2. The van der Waals surface area contributed by atoms with E-state index in [4.69, 9.17) is 116 Å². The van der Waals surface area contributed by atoms with E-state index in [1.807, 2.05) is 0 Å². The number of rotatable bonds is 51. The Morgan fingerprint density at radius 1 is 0.483 bits per heavy atom. The highest BCUT2D eigenvalue weighted by Gasteiger charge is 2.41. The topological polar surface area (TPSA) is 814 Å². The van der Waals surface area contributed by atoms with Gasteiger partial charge in [-0.2, -0.15) is 4.98 Å². The minimum absolute atomic E-state index is 0.0429. The van der Waals surface area contributed by atoms with Gasteiger partial charge in [-0.1, -0.05) is 84.4 Å². The van der Waals surface area contributed by atoms with Gasteiger partial charge in [0.2, 0.25) is 17.7 Å². The normalized spacial score (nSPS) is 17.3. The van der Waals surface area contributed by atoms with Crippen LogP contribution in [0.25, 0.3) is 73.7 Å². The van der Waals surface area contributed by atoms with Crippen molar-refractivity contribution in [2.24, 2.45) is 30.7 Å². The summed E-state index contributed by atoms with van der Waals surface area (Å²) < 4.78 is 87.4. The van der Waals surface area contributed by atoms with Crippen molar-refractivity contribution in [3.05, 3.63) is 225 Å². The Hall–Kier alpha value is -16.4. The zero-order valence-electron chi connectivity index (χ0n) is 77.7. The maximum absolute atomic E-state index is 12.6. The van der Waals surface area contributed by atoms with Crippen LogP contribution in [0.4, 0.5) is 11.6 Å². The Labute approximate surface area is 811 Å². The highest BCUT2D eigenvalue weighted by atomic mass is 16.6. The molecule has 3 saturated heterocycles. The predicted molar refractivity (Wildman–Crippen MR) is 500 cm³/mol. The number of carbonyl (C=O) groups is 6. The van der Waals surface area contributed by atoms with Crippen molar-refractivity contribution in [3.63, 3.8) is 0 Å². The number of hydrogen-bond donors (Lipinski definition) is 12. The molecular weight excluding hydrogens is 1890 g/mol. The van der Waals surface area contributed by atoms with Gasteiger partial charge >= 0.3 is 11.4 Å². The molecule has 12 atom stereocenters. The van der Waals surface area contributed by atoms with Crippen LogP contribution in [0.5, 0.6) is 17.2 Å². The summed E-state index contributed by atoms with van der Waals surface area (Å²) in [6.45, 7) is -1.59. The van der Waals surface area contributed by atoms with Gasteiger partial charge in [-0.15, -0.1) is 0 Å². The summed E-state index contributed by atoms with van der Waals surface area (Å²) >= 11 is 0. The van der Waals surface area contributed by atoms with E-state index in [0.29, 0.717) is 63.6 Å². The zero-order chi connectivity index (χ0) is 103. The third-order valence-electron chi connectivity index (χ3n) is 19.6. The lowest BCUT2D eigenvalue weighted by Crippen LogP contribution is -2.34. The van der Waals surface area contributed by atoms with Crippen molar-refractivity contribution < 1.29 is 99.8 Å². The van der Waals surface area contributed by atoms with Crippen LogP contribution in [0.3, 0.4) is 0 Å². The third-order valence-corrected chi connectivity index (χ3v) is 19.6. The summed E-state index contributed by atoms with van der Waals surface area (Å²) in [6, 6.07) is 19.1. The molecule has 0 radical (unpaired) electrons. The Kier molecular flexibility index (Phi) is 48.4. The van der Waals surface area contributed by atoms with Crippen molar-refractivity contribution in [2.75, 3.05) is 173 Å². The average Bonchev–Trinajstić information content (AvgIpc) is 1.61. The van der Waals surface area contributed by atoms with Gasteiger partial charge in [0.1, 0.15) is 143 Å². The molecule has 143 heavy (non-hydrogen) atoms. The molecule has 0 saturated carbocycles. The molecule has 3 aromatic carbocycles. The third kappa shape index (κ3) is 37.0. The van der Waals surface area contributed by atoms with Crippen molar-refractivity contribution in [2.45, 2.75) is 93.3 Å². The number of H-pyrrole nitrogens is 1. The number of benzene rings is 3. The number of nitrogens with one attached hydrogen (secondary N) is 10. The van der Waals surface area contributed by atoms with Crippen LogP contribution >= 0.6 is 0 Å². The molecule has 0 bridgehead atoms. The molecule has 0 spiro atoms. The number of hydrogen-bond acceptors (Lipinski definition) is 38. The van der Waals surface area contributed by atoms with Crippen LogP contribution < -0.4 is 90.5 Å². The van der Waals surface area contributed by atoms with Crippen LogP contribution in [0.15, 0.2) is 143 Å². The summed E-state index contributed by atoms with van der Waals surface area (Å²) in [7, 11) is 9.58. The van der Waals surface area contributed by atoms with Crippen LogP contribution in [-0.2, 0) is 71.2 Å². The molecule has 4 aromatic heterocycles. The van der Waals surface area contributed by atoms with Crippen molar-refractivity contribution in [3.8, 4) is 52.8 Å². The van der Waals surface area contributed by atoms with Gasteiger partial charge in [-0.3, -0.25) is 47.7 Å². The van der Waals surface area contributed by atoms with Crippen molar-refractivity contribution in [1.29, 1.82) is 0 Å². The first-order chi connectivity index (χ1) is 69.4. The SMILES string of the molecule is CNCNC(=O)c1cccc(OCC(N=[N+]=[N-])OCC(=O)NCC#Cc2cn(C3CC(OCN=[N+]=[N-])C(COC)O3)c(=O)[nH]c2=O)c1.CNCNC(=O)c1cccc(OCC(N=[N+]=[N-])OCC(=O)NCC#Cc2cn(C3CC(OCN=[N+]=[N-])C(COC)O3)c(=O)nc2N)c1.CNCNC(=O)c1cccc(OCC(N=[N+]=[N-])OCC(=O)NCC#Cc2cn(C3CC(OCN=[N+]=[N-])C(COC)O3)c3ncnc(N)c23)c1. The molecule has 14 N–H and O–H groups in total. The first-order valence-electron chi connectivity index (χ1n) is 42.8. The summed E-state index contributed by atoms with van der Waals surface area (Å²) in [5.41, 5.74) is 64.4. The van der Waals surface area contributed by atoms with Gasteiger partial charge in [-0.05, 0) is 109 Å². The van der Waals surface area contributed by atoms with E-state index in [-0.39, 0.29) is 146 Å². The zero-order valence-corrected chi connectivity index (χ0v) is 77.7. The van der Waals surface area contributed by atoms with Crippen LogP contribution in [0, 0.1) is 35.5 Å². The number of fused-ring (bicyclic) bond motifs is 1. The molecule has 10 rings (SSSR count). The van der Waals surface area contributed by atoms with Crippen LogP contribution in [-0.4, -0.2) is 286 Å². The monoisotopic (exact) mass is 1990 g/mol. The number of nitrogens with zero attached hydrogens (tertiary/aromatic N) is 24. The Bertz CT molecular complexity index is 6180. The van der Waals surface area contributed by atoms with Crippen molar-refractivity contribution in [1.82, 2.24) is 81.5 Å². The van der Waals surface area contributed by atoms with Gasteiger partial charge < -0.3 is 135 Å². The lowest BCUT2D eigenvalue weighted by Gasteiger charge is -2.17. The van der Waals surface area contributed by atoms with E-state index in [1.54, 1.807) is 93.6 Å². The fourth-order valence-corrected chi connectivity index (χ4v) is 13.1. The second kappa shape index (κ2) is 61.8. The molecule has 6 amide bonds. The molecule has 60 nitrogen and oxygen atoms in total. The Morgan fingerprint density at radius 2 is 0.846 bits per heavy atom. The second-order valence-electron chi connectivity index (χ2n) is 29.3. The maximum Gasteiger partial charge on any atom is 0.351 e. The van der Waals surface area contributed by atoms with Gasteiger partial charge in [-0.25, -0.2) is 19.6 Å². The number of nitrogens with two attached hydrogens (primary N) is 2. The molecule has 0 aliphatic carbocycles. The number of anilines is 2. The Morgan fingerprint density at radius 3 is 1.22 bits per heavy atom. The molecule has 3 aliphatic heterocycles. The summed E-state index contributed by atoms with van der Waals surface area (Å²) in [5, 5.41) is 45.1. The van der Waals surface area contributed by atoms with Gasteiger partial charge in [0.05, 0.1) is 94.3 Å². The standard InChI is InChI=1S/C29H35N13O7.C27H34N12O8.C27H33N11O9/c1-33-15-37-29(44)18-5-3-7-20(9-18)46-14-24(39-41-32)47-13-23(43)34-8-4-6-19-11-42(28-26(19)27(30)35-16-36-28)25-10-21(48-17-38-40-31)22(49-25)12-45-2;1-31-15-33-26(41)17-5-3-7-19(9-17)44-14-23(36-38-30)45-13-22(40)32-8-4-6-18-11-39(27(42)35-25(18)28)24-10-20(46-16-34-37-29)21(47-24)12-43-2;1-30-15-32-25(40)17-5-3-7-19(9-17)44-14-23(35-37-29)45-13-22(39)31-8-4-6-18-11-38(27(42)34-26(18)41)24-10-20(46-16-33-36-28)21(47-24)12-43-2/h3,5,7,9,11,16,21-22,24-25,33H,8,10,12-15,17H2,1-2H3,(H,34,43)(H,37,44)(H2,30,35,36);3,5,7,9,11,20-21,23-24,31H,8,10,12-16H2,1-2H3,(H,32,40)(H,33,41)(H2,28,35,42);3,5,7,9,11,20-21,23-24,30H,8,10,12-16H2,1-2H3,(H,31,39)(H,32,40)(H,34,41,42). The van der Waals surface area contributed by atoms with E-state index in [9.17, 15) is 43.2 Å². The summed E-state index contributed by atoms with van der Waals surface area (Å²) in [4.78, 5) is 142. The molecule has 12 unspecified atom stereocenters. The maximum atomic E-state index is 12.6. The van der Waals surface area contributed by atoms with E-state index >= 15 is 0 Å². The van der Waals surface area contributed by atoms with Crippen molar-refractivity contribution >= 4 is 58.1 Å². The van der Waals surface area contributed by atoms with Gasteiger partial charge in [0.25, 0.3) is 23.3 Å². The number of azide groups is 6. The van der Waals surface area contributed by atoms with Crippen LogP contribution in [0.1, 0.15) is 85.7 Å². The lowest BCUT2D eigenvalue weighted by molar-refractivity contribution is -0.128. The van der Waals surface area contributed by atoms with Crippen LogP contribution in [0.2, 0.25) is 0 Å². The number of ether oxygens (including phenoxy) is 15. The molecular formula is C83H102N36O24. The number of methoxy groups -OCH3 is 3. The summed E-state index contributed by atoms with van der Waals surface area (Å²) in [5.74, 6) is 15.1. The first-order valence-corrected chi connectivity index (χ1v) is 42.8. The quantitative estimate of drug-likeness (QED) is 0.00856. The van der Waals surface area contributed by atoms with E-state index < -0.39 is 128 Å². The first kappa shape index (κ1) is 112. The predicted octanol–water partition coefficient (Wildman–Crippen LogP) is 2.46. The van der Waals surface area contributed by atoms with Gasteiger partial charge in [0, 0.05) is 105 Å². The fraction of sp³-hybridized carbons (Fsp3) is 0.470. The van der Waals surface area contributed by atoms with E-state index in [1.165, 1.54) is 55.7 Å². The smallest absolute Gasteiger partial charge is 0.351 e. The largest absolute Gasteiger partial charge is 0.491 e. The second-order valence-corrected chi connectivity index (χ2v) is 29.3. The number of aromatic nitrogens is 7. The average molecular weight is 1990 g/mol. The molecule has 60 heteroatoms. The summed E-state index contributed by atoms with van der Waals surface area (Å²) in [6.07, 6.45) is -2.00. The minimum atomic E-state index is -1.16. The number of amides is 6. The number of carbonyl (C=O) groups excluding carboxylic acids is 6. The highest BCUT2D eigenvalue weighted by molar-refractivity contribution is 5.96. The molecule has 7 aromatic rings. The molecule has 3 aliphatic rings. The number of nitrogen functional groups attached to an aromatic ring is 2.